The molecule has 0 saturated carbocycles. The largest absolute Gasteiger partial charge is 0.468 e. The van der Waals surface area contributed by atoms with E-state index in [1.807, 2.05) is 12.1 Å². The van der Waals surface area contributed by atoms with Gasteiger partial charge in [-0.25, -0.2) is 0 Å². The fourth-order valence-corrected chi connectivity index (χ4v) is 2.16. The molecule has 1 N–H and O–H groups in total. The Morgan fingerprint density at radius 1 is 1.62 bits per heavy atom. The first kappa shape index (κ1) is 11.6. The van der Waals surface area contributed by atoms with E-state index in [1.54, 1.807) is 6.26 Å². The zero-order chi connectivity index (χ0) is 11.4. The Balaban J connectivity index is 1.79. The van der Waals surface area contributed by atoms with Gasteiger partial charge in [0.25, 0.3) is 0 Å². The van der Waals surface area contributed by atoms with Crippen LogP contribution in [0.15, 0.2) is 22.8 Å². The molecule has 0 bridgehead atoms. The molecule has 4 nitrogen and oxygen atoms in total. The zero-order valence-corrected chi connectivity index (χ0v) is 10.1. The van der Waals surface area contributed by atoms with Crippen LogP contribution < -0.4 is 5.32 Å². The van der Waals surface area contributed by atoms with Gasteiger partial charge in [0.15, 0.2) is 0 Å². The van der Waals surface area contributed by atoms with Crippen molar-refractivity contribution in [3.8, 4) is 0 Å². The van der Waals surface area contributed by atoms with Gasteiger partial charge in [-0.3, -0.25) is 9.80 Å². The van der Waals surface area contributed by atoms with E-state index in [9.17, 15) is 0 Å². The van der Waals surface area contributed by atoms with Crippen molar-refractivity contribution in [2.24, 2.45) is 0 Å². The van der Waals surface area contributed by atoms with Crippen molar-refractivity contribution in [2.75, 3.05) is 40.3 Å². The fourth-order valence-electron chi connectivity index (χ4n) is 2.16. The van der Waals surface area contributed by atoms with E-state index < -0.39 is 0 Å². The molecule has 2 rings (SSSR count). The molecule has 1 aromatic heterocycles. The molecule has 0 spiro atoms. The lowest BCUT2D eigenvalue weighted by Crippen LogP contribution is -2.53. The first-order chi connectivity index (χ1) is 7.75. The van der Waals surface area contributed by atoms with Crippen LogP contribution in [0.25, 0.3) is 0 Å². The molecule has 0 aromatic carbocycles. The Labute approximate surface area is 97.2 Å². The van der Waals surface area contributed by atoms with Crippen LogP contribution in [0.1, 0.15) is 5.76 Å². The summed E-state index contributed by atoms with van der Waals surface area (Å²) in [4.78, 5) is 4.74. The van der Waals surface area contributed by atoms with E-state index in [-0.39, 0.29) is 0 Å². The fraction of sp³-hybridized carbons (Fsp3) is 0.667. The average Bonchev–Trinajstić information content (AvgIpc) is 2.74. The summed E-state index contributed by atoms with van der Waals surface area (Å²) >= 11 is 0. The van der Waals surface area contributed by atoms with E-state index in [2.05, 4.69) is 29.2 Å². The molecule has 1 fully saturated rings. The summed E-state index contributed by atoms with van der Waals surface area (Å²) in [6.07, 6.45) is 1.73. The summed E-state index contributed by atoms with van der Waals surface area (Å²) in [5.74, 6) is 1.04. The maximum atomic E-state index is 5.35. The summed E-state index contributed by atoms with van der Waals surface area (Å²) in [5.41, 5.74) is 0. The SMILES string of the molecule is CN(Cc1ccco1)CC1CNCCN1C. The predicted octanol–water partition coefficient (Wildman–Crippen LogP) is 0.615. The molecular weight excluding hydrogens is 202 g/mol. The average molecular weight is 223 g/mol. The summed E-state index contributed by atoms with van der Waals surface area (Å²) in [7, 11) is 4.34. The van der Waals surface area contributed by atoms with Crippen molar-refractivity contribution in [3.63, 3.8) is 0 Å². The van der Waals surface area contributed by atoms with Gasteiger partial charge in [0, 0.05) is 32.2 Å². The standard InChI is InChI=1S/C12H21N3O/c1-14(10-12-4-3-7-16-12)9-11-8-13-5-6-15(11)2/h3-4,7,11,13H,5-6,8-10H2,1-2H3. The lowest BCUT2D eigenvalue weighted by atomic mass is 10.2. The van der Waals surface area contributed by atoms with Gasteiger partial charge < -0.3 is 9.73 Å². The predicted molar refractivity (Wildman–Crippen MR) is 64.3 cm³/mol. The van der Waals surface area contributed by atoms with Crippen LogP contribution in [-0.2, 0) is 6.54 Å². The Morgan fingerprint density at radius 3 is 3.19 bits per heavy atom. The third kappa shape index (κ3) is 3.07. The van der Waals surface area contributed by atoms with Crippen molar-refractivity contribution in [3.05, 3.63) is 24.2 Å². The van der Waals surface area contributed by atoms with Crippen LogP contribution in [0, 0.1) is 0 Å². The van der Waals surface area contributed by atoms with Gasteiger partial charge in [0.1, 0.15) is 5.76 Å². The van der Waals surface area contributed by atoms with E-state index >= 15 is 0 Å². The van der Waals surface area contributed by atoms with Gasteiger partial charge in [-0.1, -0.05) is 0 Å². The quantitative estimate of drug-likeness (QED) is 0.810. The third-order valence-corrected chi connectivity index (χ3v) is 3.17. The monoisotopic (exact) mass is 223 g/mol. The molecule has 1 aliphatic heterocycles. The molecule has 4 heteroatoms. The highest BCUT2D eigenvalue weighted by Gasteiger charge is 2.20. The zero-order valence-electron chi connectivity index (χ0n) is 10.1. The highest BCUT2D eigenvalue weighted by atomic mass is 16.3. The van der Waals surface area contributed by atoms with E-state index in [0.717, 1.165) is 38.5 Å². The second kappa shape index (κ2) is 5.48. The smallest absolute Gasteiger partial charge is 0.117 e. The lowest BCUT2D eigenvalue weighted by Gasteiger charge is -2.35. The van der Waals surface area contributed by atoms with Gasteiger partial charge in [-0.2, -0.15) is 0 Å². The van der Waals surface area contributed by atoms with Crippen LogP contribution in [0.3, 0.4) is 0 Å². The lowest BCUT2D eigenvalue weighted by molar-refractivity contribution is 0.146. The molecular formula is C12H21N3O. The summed E-state index contributed by atoms with van der Waals surface area (Å²) in [6, 6.07) is 4.57. The molecule has 1 unspecified atom stereocenters. The highest BCUT2D eigenvalue weighted by molar-refractivity contribution is 4.97. The normalized spacial score (nSPS) is 22.8. The third-order valence-electron chi connectivity index (χ3n) is 3.17. The molecule has 1 aliphatic rings. The molecule has 0 amide bonds. The van der Waals surface area contributed by atoms with Crippen molar-refractivity contribution < 1.29 is 4.42 Å². The molecule has 1 saturated heterocycles. The van der Waals surface area contributed by atoms with Crippen LogP contribution in [-0.4, -0.2) is 56.1 Å². The van der Waals surface area contributed by atoms with Crippen molar-refractivity contribution in [1.29, 1.82) is 0 Å². The summed E-state index contributed by atoms with van der Waals surface area (Å²) < 4.78 is 5.35. The number of hydrogen-bond donors (Lipinski definition) is 1. The van der Waals surface area contributed by atoms with Gasteiger partial charge in [-0.05, 0) is 26.2 Å². The number of hydrogen-bond acceptors (Lipinski definition) is 4. The first-order valence-corrected chi connectivity index (χ1v) is 5.87. The van der Waals surface area contributed by atoms with E-state index in [0.29, 0.717) is 6.04 Å². The summed E-state index contributed by atoms with van der Waals surface area (Å²) in [6.45, 7) is 5.29. The molecule has 2 heterocycles. The number of piperazine rings is 1. The molecule has 1 atom stereocenters. The van der Waals surface area contributed by atoms with E-state index in [1.165, 1.54) is 0 Å². The van der Waals surface area contributed by atoms with Crippen molar-refractivity contribution >= 4 is 0 Å². The maximum Gasteiger partial charge on any atom is 0.117 e. The number of nitrogens with one attached hydrogen (secondary N) is 1. The minimum atomic E-state index is 0.605. The molecule has 90 valence electrons. The maximum absolute atomic E-state index is 5.35. The number of nitrogens with zero attached hydrogens (tertiary/aromatic N) is 2. The Morgan fingerprint density at radius 2 is 2.50 bits per heavy atom. The summed E-state index contributed by atoms with van der Waals surface area (Å²) in [5, 5.41) is 3.44. The topological polar surface area (TPSA) is 31.7 Å². The Bertz CT molecular complexity index is 299. The molecule has 0 aliphatic carbocycles. The number of likely N-dealkylation sites (N-methyl/N-ethyl adjacent to an activating group) is 2. The minimum Gasteiger partial charge on any atom is -0.468 e. The van der Waals surface area contributed by atoms with Gasteiger partial charge in [-0.15, -0.1) is 0 Å². The van der Waals surface area contributed by atoms with Gasteiger partial charge in [0.2, 0.25) is 0 Å². The highest BCUT2D eigenvalue weighted by Crippen LogP contribution is 2.07. The van der Waals surface area contributed by atoms with Gasteiger partial charge in [0.05, 0.1) is 12.8 Å². The van der Waals surface area contributed by atoms with Crippen molar-refractivity contribution in [1.82, 2.24) is 15.1 Å². The van der Waals surface area contributed by atoms with Gasteiger partial charge >= 0.3 is 0 Å². The minimum absolute atomic E-state index is 0.605. The molecule has 16 heavy (non-hydrogen) atoms. The second-order valence-corrected chi connectivity index (χ2v) is 4.61. The van der Waals surface area contributed by atoms with Crippen LogP contribution in [0.5, 0.6) is 0 Å². The Kier molecular flexibility index (Phi) is 3.98. The van der Waals surface area contributed by atoms with Crippen LogP contribution in [0.4, 0.5) is 0 Å². The van der Waals surface area contributed by atoms with E-state index in [4.69, 9.17) is 4.42 Å². The number of furan rings is 1. The molecule has 0 radical (unpaired) electrons. The second-order valence-electron chi connectivity index (χ2n) is 4.61. The van der Waals surface area contributed by atoms with Crippen molar-refractivity contribution in [2.45, 2.75) is 12.6 Å². The first-order valence-electron chi connectivity index (χ1n) is 5.87. The number of rotatable bonds is 4. The Hall–Kier alpha value is -0.840. The van der Waals surface area contributed by atoms with Crippen LogP contribution >= 0.6 is 0 Å². The molecule has 1 aromatic rings. The van der Waals surface area contributed by atoms with Crippen LogP contribution in [0.2, 0.25) is 0 Å².